The van der Waals surface area contributed by atoms with E-state index in [1.165, 1.54) is 69.2 Å². The number of rotatable bonds is 5. The van der Waals surface area contributed by atoms with Gasteiger partial charge in [0.1, 0.15) is 0 Å². The van der Waals surface area contributed by atoms with Crippen molar-refractivity contribution in [2.24, 2.45) is 0 Å². The smallest absolute Gasteiger partial charge is 0.165 e. The molecule has 0 spiro atoms. The van der Waals surface area contributed by atoms with E-state index < -0.39 is 0 Å². The van der Waals surface area contributed by atoms with Crippen molar-refractivity contribution >= 4 is 74.6 Å². The Morgan fingerprint density at radius 3 is 1.63 bits per heavy atom. The second-order valence-electron chi connectivity index (χ2n) is 15.1. The third kappa shape index (κ3) is 5.53. The summed E-state index contributed by atoms with van der Waals surface area (Å²) < 4.78 is 2.42. The lowest BCUT2D eigenvalue weighted by molar-refractivity contribution is 1.08. The van der Waals surface area contributed by atoms with E-state index in [-0.39, 0.29) is 0 Å². The zero-order chi connectivity index (χ0) is 38.9. The van der Waals surface area contributed by atoms with Crippen LogP contribution >= 0.6 is 11.3 Å². The zero-order valence-electron chi connectivity index (χ0n) is 31.8. The van der Waals surface area contributed by atoms with Crippen LogP contribution in [-0.4, -0.2) is 15.0 Å². The van der Waals surface area contributed by atoms with E-state index in [9.17, 15) is 0 Å². The number of hydrogen-bond acceptors (Lipinski definition) is 4. The minimum atomic E-state index is 0.638. The van der Waals surface area contributed by atoms with E-state index in [0.29, 0.717) is 17.5 Å². The van der Waals surface area contributed by atoms with Gasteiger partial charge in [-0.3, -0.25) is 0 Å². The summed E-state index contributed by atoms with van der Waals surface area (Å²) in [6, 6.07) is 71.6. The highest BCUT2D eigenvalue weighted by Gasteiger charge is 2.20. The van der Waals surface area contributed by atoms with E-state index >= 15 is 0 Å². The van der Waals surface area contributed by atoms with E-state index in [0.717, 1.165) is 33.0 Å². The predicted molar refractivity (Wildman–Crippen MR) is 250 cm³/mol. The molecule has 0 bridgehead atoms. The lowest BCUT2D eigenvalue weighted by Crippen LogP contribution is -2.01. The Kier molecular flexibility index (Phi) is 7.72. The van der Waals surface area contributed by atoms with Crippen molar-refractivity contribution in [3.8, 4) is 56.4 Å². The molecular weight excluding hydrogens is 735 g/mol. The molecule has 274 valence electrons. The number of aromatic nitrogens is 3. The van der Waals surface area contributed by atoms with Crippen molar-refractivity contribution < 1.29 is 0 Å². The van der Waals surface area contributed by atoms with Crippen LogP contribution < -0.4 is 0 Å². The highest BCUT2D eigenvalue weighted by molar-refractivity contribution is 7.26. The highest BCUT2D eigenvalue weighted by atomic mass is 32.1. The van der Waals surface area contributed by atoms with Crippen LogP contribution in [0.2, 0.25) is 0 Å². The summed E-state index contributed by atoms with van der Waals surface area (Å²) in [6.45, 7) is 0. The van der Waals surface area contributed by atoms with Gasteiger partial charge in [0, 0.05) is 36.9 Å². The van der Waals surface area contributed by atoms with Crippen LogP contribution in [0.25, 0.3) is 120 Å². The topological polar surface area (TPSA) is 38.7 Å². The lowest BCUT2D eigenvalue weighted by atomic mass is 9.89. The molecule has 2 heterocycles. The van der Waals surface area contributed by atoms with Gasteiger partial charge >= 0.3 is 0 Å². The van der Waals surface area contributed by atoms with Crippen LogP contribution in [-0.2, 0) is 0 Å². The molecule has 0 atom stereocenters. The zero-order valence-corrected chi connectivity index (χ0v) is 32.6. The molecule has 0 N–H and O–H groups in total. The molecule has 4 heteroatoms. The molecule has 0 saturated carbocycles. The minimum absolute atomic E-state index is 0.638. The molecule has 0 aliphatic carbocycles. The molecule has 3 nitrogen and oxygen atoms in total. The number of benzene rings is 10. The van der Waals surface area contributed by atoms with Crippen molar-refractivity contribution in [2.45, 2.75) is 0 Å². The van der Waals surface area contributed by atoms with E-state index in [1.807, 2.05) is 0 Å². The maximum absolute atomic E-state index is 5.37. The first-order valence-corrected chi connectivity index (χ1v) is 20.8. The number of nitrogens with zero attached hydrogens (tertiary/aromatic N) is 3. The summed E-state index contributed by atoms with van der Waals surface area (Å²) in [5.74, 6) is 1.94. The van der Waals surface area contributed by atoms with Gasteiger partial charge in [-0.2, -0.15) is 0 Å². The van der Waals surface area contributed by atoms with Crippen LogP contribution in [0.1, 0.15) is 0 Å². The second kappa shape index (κ2) is 13.6. The van der Waals surface area contributed by atoms with Crippen LogP contribution in [0.4, 0.5) is 0 Å². The predicted octanol–water partition coefficient (Wildman–Crippen LogP) is 15.2. The Hall–Kier alpha value is -7.53. The van der Waals surface area contributed by atoms with Crippen LogP contribution in [0, 0.1) is 0 Å². The summed E-state index contributed by atoms with van der Waals surface area (Å²) in [4.78, 5) is 16.0. The lowest BCUT2D eigenvalue weighted by Gasteiger charge is -2.16. The molecule has 0 unspecified atom stereocenters. The molecule has 59 heavy (non-hydrogen) atoms. The minimum Gasteiger partial charge on any atom is -0.208 e. The van der Waals surface area contributed by atoms with Crippen LogP contribution in [0.3, 0.4) is 0 Å². The first-order valence-electron chi connectivity index (χ1n) is 19.9. The van der Waals surface area contributed by atoms with E-state index in [1.54, 1.807) is 11.3 Å². The first kappa shape index (κ1) is 33.6. The molecule has 12 rings (SSSR count). The van der Waals surface area contributed by atoms with Gasteiger partial charge in [-0.05, 0) is 95.7 Å². The standard InChI is InChI=1S/C55H33N3S/c1-3-19-38-34(14-1)16-12-26-39(38)35-17-11-18-37(32-35)53-56-54(58-55(57-53)49-28-13-27-47-46-25-9-10-29-51(46)59-52(47)49)48-31-30-45(42-22-6-7-23-43(42)48)50-33-36-15-2-4-20-40(36)41-21-5-8-24-44(41)50/h1-33H. The molecule has 0 fully saturated rings. The molecule has 0 radical (unpaired) electrons. The Morgan fingerprint density at radius 1 is 0.271 bits per heavy atom. The summed E-state index contributed by atoms with van der Waals surface area (Å²) in [6.07, 6.45) is 0. The normalized spacial score (nSPS) is 11.7. The Bertz CT molecular complexity index is 3630. The van der Waals surface area contributed by atoms with Crippen LogP contribution in [0.5, 0.6) is 0 Å². The summed E-state index contributed by atoms with van der Waals surface area (Å²) in [5, 5.41) is 12.1. The Labute approximate surface area is 344 Å². The Morgan fingerprint density at radius 2 is 0.797 bits per heavy atom. The van der Waals surface area contributed by atoms with Crippen LogP contribution in [0.15, 0.2) is 200 Å². The summed E-state index contributed by atoms with van der Waals surface area (Å²) in [5.41, 5.74) is 7.59. The van der Waals surface area contributed by atoms with Gasteiger partial charge in [-0.15, -0.1) is 11.3 Å². The second-order valence-corrected chi connectivity index (χ2v) is 16.1. The van der Waals surface area contributed by atoms with Gasteiger partial charge < -0.3 is 0 Å². The van der Waals surface area contributed by atoms with Gasteiger partial charge in [-0.1, -0.05) is 170 Å². The van der Waals surface area contributed by atoms with E-state index in [2.05, 4.69) is 200 Å². The van der Waals surface area contributed by atoms with Gasteiger partial charge in [0.25, 0.3) is 0 Å². The van der Waals surface area contributed by atoms with Crippen molar-refractivity contribution in [1.29, 1.82) is 0 Å². The van der Waals surface area contributed by atoms with Gasteiger partial charge in [0.15, 0.2) is 17.5 Å². The average Bonchev–Trinajstić information content (AvgIpc) is 3.70. The summed E-state index contributed by atoms with van der Waals surface area (Å²) in [7, 11) is 0. The molecule has 0 aliphatic rings. The number of hydrogen-bond donors (Lipinski definition) is 0. The number of fused-ring (bicyclic) bond motifs is 8. The van der Waals surface area contributed by atoms with Crippen molar-refractivity contribution in [3.63, 3.8) is 0 Å². The molecule has 0 aliphatic heterocycles. The summed E-state index contributed by atoms with van der Waals surface area (Å²) >= 11 is 1.79. The highest BCUT2D eigenvalue weighted by Crippen LogP contribution is 2.43. The molecule has 2 aromatic heterocycles. The molecule has 12 aromatic rings. The SMILES string of the molecule is c1cc(-c2nc(-c3ccc(-c4cc5ccccc5c5ccccc45)c4ccccc34)nc(-c3cccc4c3sc3ccccc34)n2)cc(-c2cccc3ccccc23)c1. The van der Waals surface area contributed by atoms with Gasteiger partial charge in [0.2, 0.25) is 0 Å². The average molecular weight is 768 g/mol. The van der Waals surface area contributed by atoms with Gasteiger partial charge in [0.05, 0.1) is 0 Å². The Balaban J connectivity index is 1.09. The first-order chi connectivity index (χ1) is 29.2. The fraction of sp³-hybridized carbons (Fsp3) is 0. The quantitative estimate of drug-likeness (QED) is 0.164. The number of thiophene rings is 1. The van der Waals surface area contributed by atoms with Gasteiger partial charge in [-0.25, -0.2) is 15.0 Å². The molecule has 0 amide bonds. The fourth-order valence-electron chi connectivity index (χ4n) is 8.98. The fourth-order valence-corrected chi connectivity index (χ4v) is 10.2. The molecule has 10 aromatic carbocycles. The van der Waals surface area contributed by atoms with E-state index in [4.69, 9.17) is 15.0 Å². The third-order valence-corrected chi connectivity index (χ3v) is 12.9. The maximum atomic E-state index is 5.37. The van der Waals surface area contributed by atoms with Crippen molar-refractivity contribution in [2.75, 3.05) is 0 Å². The maximum Gasteiger partial charge on any atom is 0.165 e. The largest absolute Gasteiger partial charge is 0.208 e. The monoisotopic (exact) mass is 767 g/mol. The third-order valence-electron chi connectivity index (χ3n) is 11.7. The molecular formula is C55H33N3S. The van der Waals surface area contributed by atoms with Crippen molar-refractivity contribution in [1.82, 2.24) is 15.0 Å². The molecule has 0 saturated heterocycles. The van der Waals surface area contributed by atoms with Crippen molar-refractivity contribution in [3.05, 3.63) is 200 Å².